The molecule has 1 aliphatic rings. The third kappa shape index (κ3) is 4.23. The smallest absolute Gasteiger partial charge is 0.261 e. The van der Waals surface area contributed by atoms with Crippen molar-refractivity contribution in [2.75, 3.05) is 18.4 Å². The maximum Gasteiger partial charge on any atom is 0.261 e. The van der Waals surface area contributed by atoms with Crippen molar-refractivity contribution >= 4 is 21.6 Å². The molecule has 0 unspecified atom stereocenters. The van der Waals surface area contributed by atoms with Crippen molar-refractivity contribution in [3.05, 3.63) is 59.2 Å². The number of carbonyl (C=O) groups excluding carboxylic acids is 1. The Morgan fingerprint density at radius 3 is 2.21 bits per heavy atom. The molecule has 1 heterocycles. The maximum atomic E-state index is 13.8. The molecule has 0 saturated carbocycles. The first-order valence-electron chi connectivity index (χ1n) is 9.17. The fourth-order valence-electron chi connectivity index (χ4n) is 3.29. The van der Waals surface area contributed by atoms with Gasteiger partial charge >= 0.3 is 0 Å². The second-order valence-corrected chi connectivity index (χ2v) is 8.76. The minimum Gasteiger partial charge on any atom is -0.322 e. The number of nitrogens with one attached hydrogen (secondary N) is 1. The summed E-state index contributed by atoms with van der Waals surface area (Å²) in [6.45, 7) is 2.59. The van der Waals surface area contributed by atoms with Gasteiger partial charge in [-0.1, -0.05) is 25.0 Å². The van der Waals surface area contributed by atoms with E-state index in [2.05, 4.69) is 5.32 Å². The highest BCUT2D eigenvalue weighted by molar-refractivity contribution is 7.89. The summed E-state index contributed by atoms with van der Waals surface area (Å²) in [5.74, 6) is -2.94. The summed E-state index contributed by atoms with van der Waals surface area (Å²) >= 11 is 0. The van der Waals surface area contributed by atoms with Crippen LogP contribution in [0.4, 0.5) is 14.5 Å². The Morgan fingerprint density at radius 1 is 1.00 bits per heavy atom. The summed E-state index contributed by atoms with van der Waals surface area (Å²) in [5.41, 5.74) is -0.00836. The van der Waals surface area contributed by atoms with Crippen LogP contribution in [0.2, 0.25) is 0 Å². The van der Waals surface area contributed by atoms with Crippen molar-refractivity contribution in [2.45, 2.75) is 37.5 Å². The van der Waals surface area contributed by atoms with Crippen LogP contribution in [0.1, 0.15) is 41.6 Å². The molecular formula is C20H22F2N2O3S. The molecule has 8 heteroatoms. The Kier molecular flexibility index (Phi) is 6.10. The lowest BCUT2D eigenvalue weighted by molar-refractivity contribution is 0.101. The second kappa shape index (κ2) is 8.36. The highest BCUT2D eigenvalue weighted by Crippen LogP contribution is 2.26. The van der Waals surface area contributed by atoms with E-state index in [1.54, 1.807) is 13.0 Å². The molecule has 1 saturated heterocycles. The summed E-state index contributed by atoms with van der Waals surface area (Å²) in [6.07, 6.45) is 3.60. The number of anilines is 1. The summed E-state index contributed by atoms with van der Waals surface area (Å²) < 4.78 is 55.2. The van der Waals surface area contributed by atoms with Crippen molar-refractivity contribution in [1.82, 2.24) is 4.31 Å². The van der Waals surface area contributed by atoms with E-state index in [9.17, 15) is 22.0 Å². The van der Waals surface area contributed by atoms with Gasteiger partial charge in [0.15, 0.2) is 0 Å². The first-order valence-corrected chi connectivity index (χ1v) is 10.6. The van der Waals surface area contributed by atoms with Gasteiger partial charge in [-0.25, -0.2) is 17.2 Å². The quantitative estimate of drug-likeness (QED) is 0.829. The van der Waals surface area contributed by atoms with E-state index < -0.39 is 33.1 Å². The molecule has 0 bridgehead atoms. The van der Waals surface area contributed by atoms with Gasteiger partial charge in [-0.3, -0.25) is 4.79 Å². The fourth-order valence-corrected chi connectivity index (χ4v) is 5.05. The molecule has 28 heavy (non-hydrogen) atoms. The highest BCUT2D eigenvalue weighted by atomic mass is 32.2. The topological polar surface area (TPSA) is 66.5 Å². The number of carbonyl (C=O) groups is 1. The zero-order chi connectivity index (χ0) is 20.3. The standard InChI is InChI=1S/C20H22F2N2O3S/c1-14-9-10-15(23-20(25)19-16(21)7-6-8-17(19)22)13-18(14)28(26,27)24-11-4-2-3-5-12-24/h6-10,13H,2-5,11-12H2,1H3,(H,23,25). The molecule has 0 aliphatic carbocycles. The lowest BCUT2D eigenvalue weighted by atomic mass is 10.1. The van der Waals surface area contributed by atoms with Crippen LogP contribution in [0.15, 0.2) is 41.3 Å². The number of benzene rings is 2. The van der Waals surface area contributed by atoms with Crippen LogP contribution >= 0.6 is 0 Å². The number of nitrogens with zero attached hydrogens (tertiary/aromatic N) is 1. The van der Waals surface area contributed by atoms with Gasteiger partial charge < -0.3 is 5.32 Å². The second-order valence-electron chi connectivity index (χ2n) is 6.85. The van der Waals surface area contributed by atoms with Gasteiger partial charge in [0, 0.05) is 18.8 Å². The van der Waals surface area contributed by atoms with Crippen molar-refractivity contribution in [3.8, 4) is 0 Å². The number of rotatable bonds is 4. The van der Waals surface area contributed by atoms with Crippen LogP contribution in [-0.4, -0.2) is 31.7 Å². The van der Waals surface area contributed by atoms with Crippen LogP contribution < -0.4 is 5.32 Å². The van der Waals surface area contributed by atoms with Gasteiger partial charge in [-0.15, -0.1) is 0 Å². The van der Waals surface area contributed by atoms with Crippen LogP contribution in [0.3, 0.4) is 0 Å². The summed E-state index contributed by atoms with van der Waals surface area (Å²) in [4.78, 5) is 12.4. The van der Waals surface area contributed by atoms with Gasteiger partial charge in [0.25, 0.3) is 5.91 Å². The highest BCUT2D eigenvalue weighted by Gasteiger charge is 2.27. The average Bonchev–Trinajstić information content (AvgIpc) is 2.93. The number of hydrogen-bond acceptors (Lipinski definition) is 3. The molecule has 1 N–H and O–H groups in total. The van der Waals surface area contributed by atoms with Gasteiger partial charge in [-0.05, 0) is 49.6 Å². The predicted octanol–water partition coefficient (Wildman–Crippen LogP) is 4.09. The number of halogens is 2. The Labute approximate surface area is 163 Å². The third-order valence-electron chi connectivity index (χ3n) is 4.82. The Balaban J connectivity index is 1.90. The number of amides is 1. The van der Waals surface area contributed by atoms with E-state index in [4.69, 9.17) is 0 Å². The molecule has 0 radical (unpaired) electrons. The number of aryl methyl sites for hydroxylation is 1. The van der Waals surface area contributed by atoms with Gasteiger partial charge in [0.05, 0.1) is 4.90 Å². The lowest BCUT2D eigenvalue weighted by Gasteiger charge is -2.21. The molecule has 1 amide bonds. The van der Waals surface area contributed by atoms with Crippen LogP contribution in [0.25, 0.3) is 0 Å². The molecule has 1 aliphatic heterocycles. The summed E-state index contributed by atoms with van der Waals surface area (Å²) in [7, 11) is -3.72. The monoisotopic (exact) mass is 408 g/mol. The molecule has 1 fully saturated rings. The molecule has 2 aromatic rings. The van der Waals surface area contributed by atoms with E-state index in [1.165, 1.54) is 22.5 Å². The first-order chi connectivity index (χ1) is 13.3. The maximum absolute atomic E-state index is 13.8. The minimum absolute atomic E-state index is 0.0844. The van der Waals surface area contributed by atoms with Crippen LogP contribution in [-0.2, 0) is 10.0 Å². The third-order valence-corrected chi connectivity index (χ3v) is 6.86. The van der Waals surface area contributed by atoms with Crippen molar-refractivity contribution in [1.29, 1.82) is 0 Å². The number of sulfonamides is 1. The van der Waals surface area contributed by atoms with Crippen molar-refractivity contribution in [2.24, 2.45) is 0 Å². The molecule has 3 rings (SSSR count). The molecule has 150 valence electrons. The molecular weight excluding hydrogens is 386 g/mol. The largest absolute Gasteiger partial charge is 0.322 e. The zero-order valence-corrected chi connectivity index (χ0v) is 16.4. The molecule has 0 aromatic heterocycles. The van der Waals surface area contributed by atoms with E-state index in [1.807, 2.05) is 0 Å². The fraction of sp³-hybridized carbons (Fsp3) is 0.350. The molecule has 0 atom stereocenters. The van der Waals surface area contributed by atoms with Crippen LogP contribution in [0, 0.1) is 18.6 Å². The lowest BCUT2D eigenvalue weighted by Crippen LogP contribution is -2.32. The normalized spacial score (nSPS) is 15.8. The minimum atomic E-state index is -3.72. The average molecular weight is 408 g/mol. The SMILES string of the molecule is Cc1ccc(NC(=O)c2c(F)cccc2F)cc1S(=O)(=O)N1CCCCCC1. The van der Waals surface area contributed by atoms with Crippen LogP contribution in [0.5, 0.6) is 0 Å². The number of hydrogen-bond donors (Lipinski definition) is 1. The summed E-state index contributed by atoms with van der Waals surface area (Å²) in [6, 6.07) is 7.56. The molecule has 0 spiro atoms. The van der Waals surface area contributed by atoms with Gasteiger partial charge in [-0.2, -0.15) is 4.31 Å². The van der Waals surface area contributed by atoms with Crippen molar-refractivity contribution < 1.29 is 22.0 Å². The van der Waals surface area contributed by atoms with E-state index in [0.717, 1.165) is 37.8 Å². The Morgan fingerprint density at radius 2 is 1.61 bits per heavy atom. The van der Waals surface area contributed by atoms with Crippen molar-refractivity contribution in [3.63, 3.8) is 0 Å². The van der Waals surface area contributed by atoms with E-state index in [0.29, 0.717) is 18.7 Å². The van der Waals surface area contributed by atoms with Gasteiger partial charge in [0.2, 0.25) is 10.0 Å². The predicted molar refractivity (Wildman–Crippen MR) is 103 cm³/mol. The Bertz CT molecular complexity index is 965. The van der Waals surface area contributed by atoms with E-state index >= 15 is 0 Å². The Hall–Kier alpha value is -2.32. The first kappa shape index (κ1) is 20.4. The summed E-state index contributed by atoms with van der Waals surface area (Å²) in [5, 5.41) is 2.39. The molecule has 5 nitrogen and oxygen atoms in total. The van der Waals surface area contributed by atoms with E-state index in [-0.39, 0.29) is 10.6 Å². The van der Waals surface area contributed by atoms with Gasteiger partial charge in [0.1, 0.15) is 17.2 Å². The molecule has 2 aromatic carbocycles. The zero-order valence-electron chi connectivity index (χ0n) is 15.5.